The molecule has 0 aromatic heterocycles. The first-order chi connectivity index (χ1) is 9.60. The smallest absolute Gasteiger partial charge is 0.217 e. The van der Waals surface area contributed by atoms with Crippen molar-refractivity contribution >= 4 is 5.91 Å². The van der Waals surface area contributed by atoms with Crippen LogP contribution in [0.5, 0.6) is 0 Å². The Bertz CT molecular complexity index is 240. The van der Waals surface area contributed by atoms with Crippen LogP contribution >= 0.6 is 0 Å². The molecule has 0 radical (unpaired) electrons. The minimum absolute atomic E-state index is 0.0708. The lowest BCUT2D eigenvalue weighted by atomic mass is 9.82. The quantitative estimate of drug-likeness (QED) is 0.438. The fourth-order valence-corrected chi connectivity index (χ4v) is 3.17. The van der Waals surface area contributed by atoms with Gasteiger partial charge in [-0.2, -0.15) is 0 Å². The minimum Gasteiger partial charge on any atom is -0.351 e. The monoisotopic (exact) mass is 283 g/mol. The Labute approximate surface area is 127 Å². The van der Waals surface area contributed by atoms with Crippen LogP contribution in [0.1, 0.15) is 105 Å². The molecule has 0 bridgehead atoms. The van der Waals surface area contributed by atoms with Gasteiger partial charge in [0.1, 0.15) is 0 Å². The molecule has 0 spiro atoms. The summed E-state index contributed by atoms with van der Waals surface area (Å²) >= 11 is 0. The number of amides is 1. The number of rotatable bonds is 13. The van der Waals surface area contributed by atoms with Crippen LogP contribution < -0.4 is 5.32 Å². The third kappa shape index (κ3) is 9.39. The van der Waals surface area contributed by atoms with Gasteiger partial charge in [0, 0.05) is 12.5 Å². The molecule has 20 heavy (non-hydrogen) atoms. The maximum absolute atomic E-state index is 11.6. The minimum atomic E-state index is 0.0708. The highest BCUT2D eigenvalue weighted by Gasteiger charge is 2.28. The van der Waals surface area contributed by atoms with Gasteiger partial charge >= 0.3 is 0 Å². The Morgan fingerprint density at radius 1 is 0.750 bits per heavy atom. The highest BCUT2D eigenvalue weighted by molar-refractivity contribution is 5.73. The molecule has 0 aromatic rings. The van der Waals surface area contributed by atoms with Crippen LogP contribution in [0.25, 0.3) is 0 Å². The van der Waals surface area contributed by atoms with E-state index in [1.165, 1.54) is 51.4 Å². The van der Waals surface area contributed by atoms with E-state index in [0.29, 0.717) is 0 Å². The standard InChI is InChI=1S/C18H37NO/c1-5-8-10-11-12-13-16-18(14-7-3,15-9-6-2)19-17(4)20/h5-16H2,1-4H3,(H,19,20). The van der Waals surface area contributed by atoms with Gasteiger partial charge in [-0.05, 0) is 19.3 Å². The van der Waals surface area contributed by atoms with Crippen molar-refractivity contribution in [2.75, 3.05) is 0 Å². The second-order valence-corrected chi connectivity index (χ2v) is 6.33. The maximum atomic E-state index is 11.6. The molecule has 0 aliphatic rings. The Morgan fingerprint density at radius 2 is 1.30 bits per heavy atom. The molecule has 1 amide bonds. The van der Waals surface area contributed by atoms with E-state index in [1.807, 2.05) is 0 Å². The lowest BCUT2D eigenvalue weighted by Gasteiger charge is -2.35. The van der Waals surface area contributed by atoms with Gasteiger partial charge in [0.2, 0.25) is 5.91 Å². The zero-order chi connectivity index (χ0) is 15.3. The molecule has 1 unspecified atom stereocenters. The van der Waals surface area contributed by atoms with E-state index in [2.05, 4.69) is 26.1 Å². The van der Waals surface area contributed by atoms with E-state index < -0.39 is 0 Å². The SMILES string of the molecule is CCCCCCCCC(CCC)(CCCC)NC(C)=O. The summed E-state index contributed by atoms with van der Waals surface area (Å²) in [6.45, 7) is 8.38. The van der Waals surface area contributed by atoms with E-state index >= 15 is 0 Å². The number of carbonyl (C=O) groups excluding carboxylic acids is 1. The van der Waals surface area contributed by atoms with Crippen molar-refractivity contribution in [1.82, 2.24) is 5.32 Å². The van der Waals surface area contributed by atoms with Gasteiger partial charge < -0.3 is 5.32 Å². The Hall–Kier alpha value is -0.530. The van der Waals surface area contributed by atoms with Crippen molar-refractivity contribution in [3.63, 3.8) is 0 Å². The van der Waals surface area contributed by atoms with Crippen molar-refractivity contribution < 1.29 is 4.79 Å². The van der Waals surface area contributed by atoms with Crippen LogP contribution in [-0.4, -0.2) is 11.4 Å². The largest absolute Gasteiger partial charge is 0.351 e. The first-order valence-corrected chi connectivity index (χ1v) is 8.89. The fraction of sp³-hybridized carbons (Fsp3) is 0.944. The van der Waals surface area contributed by atoms with E-state index in [9.17, 15) is 4.79 Å². The molecular formula is C18H37NO. The molecule has 0 saturated carbocycles. The normalized spacial score (nSPS) is 14.0. The lowest BCUT2D eigenvalue weighted by Crippen LogP contribution is -2.47. The van der Waals surface area contributed by atoms with Gasteiger partial charge in [-0.3, -0.25) is 4.79 Å². The summed E-state index contributed by atoms with van der Waals surface area (Å²) in [6, 6.07) is 0. The average Bonchev–Trinajstić information content (AvgIpc) is 2.40. The summed E-state index contributed by atoms with van der Waals surface area (Å²) in [5.41, 5.74) is 0.0708. The first-order valence-electron chi connectivity index (χ1n) is 8.89. The third-order valence-electron chi connectivity index (χ3n) is 4.19. The zero-order valence-corrected chi connectivity index (χ0v) is 14.4. The van der Waals surface area contributed by atoms with Crippen LogP contribution in [0.15, 0.2) is 0 Å². The van der Waals surface area contributed by atoms with E-state index in [0.717, 1.165) is 25.7 Å². The Kier molecular flexibility index (Phi) is 11.9. The van der Waals surface area contributed by atoms with Crippen LogP contribution in [0, 0.1) is 0 Å². The van der Waals surface area contributed by atoms with Crippen LogP contribution in [0.3, 0.4) is 0 Å². The topological polar surface area (TPSA) is 29.1 Å². The van der Waals surface area contributed by atoms with Crippen molar-refractivity contribution in [3.05, 3.63) is 0 Å². The van der Waals surface area contributed by atoms with E-state index in [1.54, 1.807) is 6.92 Å². The molecule has 0 rings (SSSR count). The highest BCUT2D eigenvalue weighted by atomic mass is 16.1. The molecule has 0 aliphatic carbocycles. The number of nitrogens with one attached hydrogen (secondary N) is 1. The summed E-state index contributed by atoms with van der Waals surface area (Å²) in [5, 5.41) is 3.29. The van der Waals surface area contributed by atoms with Gasteiger partial charge in [-0.15, -0.1) is 0 Å². The summed E-state index contributed by atoms with van der Waals surface area (Å²) in [7, 11) is 0. The molecule has 2 heteroatoms. The number of hydrogen-bond acceptors (Lipinski definition) is 1. The zero-order valence-electron chi connectivity index (χ0n) is 14.4. The molecule has 0 aromatic carbocycles. The molecule has 1 N–H and O–H groups in total. The summed E-state index contributed by atoms with van der Waals surface area (Å²) in [5.74, 6) is 0.139. The van der Waals surface area contributed by atoms with E-state index in [-0.39, 0.29) is 11.4 Å². The molecule has 2 nitrogen and oxygen atoms in total. The molecular weight excluding hydrogens is 246 g/mol. The summed E-state index contributed by atoms with van der Waals surface area (Å²) in [4.78, 5) is 11.6. The number of hydrogen-bond donors (Lipinski definition) is 1. The summed E-state index contributed by atoms with van der Waals surface area (Å²) in [6.07, 6.45) is 15.0. The van der Waals surface area contributed by atoms with Gasteiger partial charge in [0.15, 0.2) is 0 Å². The Morgan fingerprint density at radius 3 is 1.85 bits per heavy atom. The first kappa shape index (κ1) is 19.5. The number of carbonyl (C=O) groups is 1. The molecule has 0 aliphatic heterocycles. The maximum Gasteiger partial charge on any atom is 0.217 e. The van der Waals surface area contributed by atoms with Crippen molar-refractivity contribution in [1.29, 1.82) is 0 Å². The highest BCUT2D eigenvalue weighted by Crippen LogP contribution is 2.27. The Balaban J connectivity index is 4.28. The lowest BCUT2D eigenvalue weighted by molar-refractivity contribution is -0.121. The van der Waals surface area contributed by atoms with Gasteiger partial charge in [0.25, 0.3) is 0 Å². The third-order valence-corrected chi connectivity index (χ3v) is 4.19. The van der Waals surface area contributed by atoms with Gasteiger partial charge in [-0.25, -0.2) is 0 Å². The molecule has 0 heterocycles. The van der Waals surface area contributed by atoms with Crippen LogP contribution in [0.4, 0.5) is 0 Å². The van der Waals surface area contributed by atoms with Crippen molar-refractivity contribution in [2.24, 2.45) is 0 Å². The second-order valence-electron chi connectivity index (χ2n) is 6.33. The molecule has 0 fully saturated rings. The molecule has 0 saturated heterocycles. The van der Waals surface area contributed by atoms with Gasteiger partial charge in [-0.1, -0.05) is 78.6 Å². The van der Waals surface area contributed by atoms with Crippen molar-refractivity contribution in [2.45, 2.75) is 110 Å². The van der Waals surface area contributed by atoms with Crippen LogP contribution in [0.2, 0.25) is 0 Å². The number of unbranched alkanes of at least 4 members (excludes halogenated alkanes) is 6. The molecule has 120 valence electrons. The second kappa shape index (κ2) is 12.2. The van der Waals surface area contributed by atoms with E-state index in [4.69, 9.17) is 0 Å². The molecule has 1 atom stereocenters. The van der Waals surface area contributed by atoms with Crippen LogP contribution in [-0.2, 0) is 4.79 Å². The predicted molar refractivity (Wildman–Crippen MR) is 89.0 cm³/mol. The van der Waals surface area contributed by atoms with Gasteiger partial charge in [0.05, 0.1) is 0 Å². The fourth-order valence-electron chi connectivity index (χ4n) is 3.17. The average molecular weight is 284 g/mol. The van der Waals surface area contributed by atoms with Crippen molar-refractivity contribution in [3.8, 4) is 0 Å². The predicted octanol–water partition coefficient (Wildman–Crippen LogP) is 5.60. The summed E-state index contributed by atoms with van der Waals surface area (Å²) < 4.78 is 0.